The number of rotatable bonds is 5. The van der Waals surface area contributed by atoms with Crippen molar-refractivity contribution in [2.45, 2.75) is 40.0 Å². The Balaban J connectivity index is 2.85. The summed E-state index contributed by atoms with van der Waals surface area (Å²) in [5, 5.41) is 0. The van der Waals surface area contributed by atoms with E-state index in [1.165, 1.54) is 11.3 Å². The Bertz CT molecular complexity index is 293. The monoisotopic (exact) mass is 220 g/mol. The fourth-order valence-corrected chi connectivity index (χ4v) is 2.40. The van der Waals surface area contributed by atoms with Gasteiger partial charge >= 0.3 is 0 Å². The standard InChI is InChI=1S/C14H24N2/c1-10(2)14(11(3)4)13-6-5-12(7-8-15)9-16-13/h5-6,9-11,14H,7-8,15H2,1-4H3. The van der Waals surface area contributed by atoms with E-state index in [1.54, 1.807) is 0 Å². The minimum atomic E-state index is 0.548. The molecule has 0 aliphatic carbocycles. The quantitative estimate of drug-likeness (QED) is 0.828. The molecule has 0 atom stereocenters. The third kappa shape index (κ3) is 3.31. The number of hydrogen-bond acceptors (Lipinski definition) is 2. The Morgan fingerprint density at radius 1 is 1.12 bits per heavy atom. The minimum absolute atomic E-state index is 0.548. The molecule has 2 N–H and O–H groups in total. The molecule has 0 aromatic carbocycles. The van der Waals surface area contributed by atoms with Gasteiger partial charge in [0, 0.05) is 17.8 Å². The second-order valence-electron chi connectivity index (χ2n) is 5.14. The first kappa shape index (κ1) is 13.2. The average molecular weight is 220 g/mol. The average Bonchev–Trinajstić information content (AvgIpc) is 2.20. The van der Waals surface area contributed by atoms with E-state index in [2.05, 4.69) is 44.8 Å². The molecule has 0 saturated carbocycles. The van der Waals surface area contributed by atoms with Crippen LogP contribution in [0, 0.1) is 11.8 Å². The van der Waals surface area contributed by atoms with Gasteiger partial charge in [-0.3, -0.25) is 4.98 Å². The van der Waals surface area contributed by atoms with E-state index in [-0.39, 0.29) is 0 Å². The smallest absolute Gasteiger partial charge is 0.0439 e. The molecule has 2 heteroatoms. The zero-order valence-electron chi connectivity index (χ0n) is 10.9. The lowest BCUT2D eigenvalue weighted by atomic mass is 9.82. The Labute approximate surface area is 99.3 Å². The normalized spacial score (nSPS) is 11.8. The summed E-state index contributed by atoms with van der Waals surface area (Å²) < 4.78 is 0. The summed E-state index contributed by atoms with van der Waals surface area (Å²) in [6.07, 6.45) is 2.89. The van der Waals surface area contributed by atoms with Crippen molar-refractivity contribution in [2.24, 2.45) is 17.6 Å². The van der Waals surface area contributed by atoms with Gasteiger partial charge < -0.3 is 5.73 Å². The van der Waals surface area contributed by atoms with E-state index in [9.17, 15) is 0 Å². The highest BCUT2D eigenvalue weighted by molar-refractivity contribution is 5.18. The third-order valence-electron chi connectivity index (χ3n) is 3.06. The molecule has 0 radical (unpaired) electrons. The van der Waals surface area contributed by atoms with Gasteiger partial charge in [0.25, 0.3) is 0 Å². The van der Waals surface area contributed by atoms with Gasteiger partial charge in [0.15, 0.2) is 0 Å². The first-order valence-corrected chi connectivity index (χ1v) is 6.21. The van der Waals surface area contributed by atoms with E-state index in [1.807, 2.05) is 6.20 Å². The Kier molecular flexibility index (Phi) is 4.94. The van der Waals surface area contributed by atoms with Crippen LogP contribution < -0.4 is 5.73 Å². The predicted molar refractivity (Wildman–Crippen MR) is 69.4 cm³/mol. The number of hydrogen-bond donors (Lipinski definition) is 1. The topological polar surface area (TPSA) is 38.9 Å². The Hall–Kier alpha value is -0.890. The molecule has 0 fully saturated rings. The first-order chi connectivity index (χ1) is 7.56. The van der Waals surface area contributed by atoms with Crippen molar-refractivity contribution in [3.63, 3.8) is 0 Å². The molecule has 90 valence electrons. The van der Waals surface area contributed by atoms with Gasteiger partial charge in [-0.25, -0.2) is 0 Å². The number of nitrogens with two attached hydrogens (primary N) is 1. The van der Waals surface area contributed by atoms with Crippen LogP contribution >= 0.6 is 0 Å². The Morgan fingerprint density at radius 2 is 1.75 bits per heavy atom. The SMILES string of the molecule is CC(C)C(c1ccc(CCN)cn1)C(C)C. The molecule has 1 aromatic heterocycles. The van der Waals surface area contributed by atoms with Crippen LogP contribution in [0.4, 0.5) is 0 Å². The van der Waals surface area contributed by atoms with Crippen molar-refractivity contribution in [3.05, 3.63) is 29.6 Å². The molecule has 16 heavy (non-hydrogen) atoms. The van der Waals surface area contributed by atoms with Gasteiger partial charge in [-0.1, -0.05) is 33.8 Å². The van der Waals surface area contributed by atoms with Gasteiger partial charge in [0.2, 0.25) is 0 Å². The number of aromatic nitrogens is 1. The van der Waals surface area contributed by atoms with Crippen molar-refractivity contribution in [2.75, 3.05) is 6.54 Å². The van der Waals surface area contributed by atoms with Gasteiger partial charge in [0.1, 0.15) is 0 Å². The van der Waals surface area contributed by atoms with Crippen LogP contribution in [0.1, 0.15) is 44.9 Å². The molecular weight excluding hydrogens is 196 g/mol. The van der Waals surface area contributed by atoms with E-state index in [4.69, 9.17) is 5.73 Å². The third-order valence-corrected chi connectivity index (χ3v) is 3.06. The molecule has 1 rings (SSSR count). The summed E-state index contributed by atoms with van der Waals surface area (Å²) in [6.45, 7) is 9.75. The Morgan fingerprint density at radius 3 is 2.12 bits per heavy atom. The molecular formula is C14H24N2. The molecule has 0 saturated heterocycles. The molecule has 0 aliphatic rings. The maximum Gasteiger partial charge on any atom is 0.0439 e. The lowest BCUT2D eigenvalue weighted by molar-refractivity contribution is 0.380. The maximum absolute atomic E-state index is 5.53. The summed E-state index contributed by atoms with van der Waals surface area (Å²) in [5.74, 6) is 1.81. The maximum atomic E-state index is 5.53. The van der Waals surface area contributed by atoms with E-state index in [0.29, 0.717) is 24.3 Å². The van der Waals surface area contributed by atoms with Crippen LogP contribution in [0.15, 0.2) is 18.3 Å². The van der Waals surface area contributed by atoms with Crippen molar-refractivity contribution < 1.29 is 0 Å². The molecule has 0 amide bonds. The van der Waals surface area contributed by atoms with Gasteiger partial charge in [-0.15, -0.1) is 0 Å². The van der Waals surface area contributed by atoms with Crippen LogP contribution in [0.2, 0.25) is 0 Å². The van der Waals surface area contributed by atoms with Gasteiger partial charge in [-0.05, 0) is 36.4 Å². The number of pyridine rings is 1. The highest BCUT2D eigenvalue weighted by Gasteiger charge is 2.20. The van der Waals surface area contributed by atoms with Crippen molar-refractivity contribution >= 4 is 0 Å². The molecule has 2 nitrogen and oxygen atoms in total. The summed E-state index contributed by atoms with van der Waals surface area (Å²) in [6, 6.07) is 4.32. The van der Waals surface area contributed by atoms with E-state index < -0.39 is 0 Å². The fourth-order valence-electron chi connectivity index (χ4n) is 2.40. The van der Waals surface area contributed by atoms with Gasteiger partial charge in [0.05, 0.1) is 0 Å². The van der Waals surface area contributed by atoms with Crippen molar-refractivity contribution in [3.8, 4) is 0 Å². The predicted octanol–water partition coefficient (Wildman–Crippen LogP) is 2.98. The highest BCUT2D eigenvalue weighted by atomic mass is 14.7. The van der Waals surface area contributed by atoms with Gasteiger partial charge in [-0.2, -0.15) is 0 Å². The lowest BCUT2D eigenvalue weighted by Crippen LogP contribution is -2.15. The lowest BCUT2D eigenvalue weighted by Gasteiger charge is -2.24. The van der Waals surface area contributed by atoms with Crippen LogP contribution in [0.25, 0.3) is 0 Å². The molecule has 0 spiro atoms. The molecule has 1 heterocycles. The fraction of sp³-hybridized carbons (Fsp3) is 0.643. The zero-order chi connectivity index (χ0) is 12.1. The molecule has 0 unspecified atom stereocenters. The van der Waals surface area contributed by atoms with Crippen LogP contribution in [0.3, 0.4) is 0 Å². The van der Waals surface area contributed by atoms with E-state index >= 15 is 0 Å². The van der Waals surface area contributed by atoms with E-state index in [0.717, 1.165) is 6.42 Å². The summed E-state index contributed by atoms with van der Waals surface area (Å²) in [7, 11) is 0. The molecule has 1 aromatic rings. The van der Waals surface area contributed by atoms with Crippen molar-refractivity contribution in [1.29, 1.82) is 0 Å². The first-order valence-electron chi connectivity index (χ1n) is 6.21. The zero-order valence-corrected chi connectivity index (χ0v) is 10.9. The summed E-state index contributed by atoms with van der Waals surface area (Å²) in [4.78, 5) is 4.58. The molecule has 0 aliphatic heterocycles. The summed E-state index contributed by atoms with van der Waals surface area (Å²) >= 11 is 0. The van der Waals surface area contributed by atoms with Crippen LogP contribution in [-0.2, 0) is 6.42 Å². The highest BCUT2D eigenvalue weighted by Crippen LogP contribution is 2.30. The second-order valence-corrected chi connectivity index (χ2v) is 5.14. The minimum Gasteiger partial charge on any atom is -0.330 e. The van der Waals surface area contributed by atoms with Crippen LogP contribution in [0.5, 0.6) is 0 Å². The van der Waals surface area contributed by atoms with Crippen molar-refractivity contribution in [1.82, 2.24) is 4.98 Å². The second kappa shape index (κ2) is 6.00. The summed E-state index contributed by atoms with van der Waals surface area (Å²) in [5.41, 5.74) is 7.97. The largest absolute Gasteiger partial charge is 0.330 e. The molecule has 0 bridgehead atoms. The van der Waals surface area contributed by atoms with Crippen LogP contribution in [-0.4, -0.2) is 11.5 Å². The number of nitrogens with zero attached hydrogens (tertiary/aromatic N) is 1.